The van der Waals surface area contributed by atoms with E-state index >= 15 is 0 Å². The zero-order chi connectivity index (χ0) is 20.5. The molecule has 0 spiro atoms. The van der Waals surface area contributed by atoms with Crippen LogP contribution < -0.4 is 5.32 Å². The molecule has 1 atom stereocenters. The quantitative estimate of drug-likeness (QED) is 0.774. The molecule has 0 aromatic heterocycles. The third-order valence-electron chi connectivity index (χ3n) is 4.37. The Hall–Kier alpha value is -2.60. The first-order valence-corrected chi connectivity index (χ1v) is 9.39. The standard InChI is InChI=1S/C21H22ClFN2O3/c1-21(2,3)28-20(27)25-12-11-17(25)19(26)24-16-10-6-8-14(18(16)23)13-7-4-5-9-15(13)22/h4-10,17H,11-12H2,1-3H3,(H,24,26). The summed E-state index contributed by atoms with van der Waals surface area (Å²) in [6, 6.07) is 10.9. The molecular formula is C21H22ClFN2O3. The molecule has 1 aliphatic heterocycles. The van der Waals surface area contributed by atoms with Gasteiger partial charge in [0.25, 0.3) is 0 Å². The summed E-state index contributed by atoms with van der Waals surface area (Å²) in [4.78, 5) is 26.1. The summed E-state index contributed by atoms with van der Waals surface area (Å²) < 4.78 is 20.3. The fourth-order valence-corrected chi connectivity index (χ4v) is 3.17. The summed E-state index contributed by atoms with van der Waals surface area (Å²) in [5.41, 5.74) is 0.222. The Kier molecular flexibility index (Phi) is 5.61. The van der Waals surface area contributed by atoms with Gasteiger partial charge in [0, 0.05) is 22.7 Å². The second kappa shape index (κ2) is 7.80. The van der Waals surface area contributed by atoms with Crippen molar-refractivity contribution in [2.45, 2.75) is 38.8 Å². The number of ether oxygens (including phenoxy) is 1. The molecule has 1 N–H and O–H groups in total. The van der Waals surface area contributed by atoms with E-state index in [0.717, 1.165) is 0 Å². The molecule has 1 saturated heterocycles. The van der Waals surface area contributed by atoms with E-state index in [1.807, 2.05) is 0 Å². The Bertz CT molecular complexity index is 911. The van der Waals surface area contributed by atoms with E-state index < -0.39 is 29.5 Å². The van der Waals surface area contributed by atoms with Gasteiger partial charge in [-0.05, 0) is 39.3 Å². The Morgan fingerprint density at radius 1 is 1.14 bits per heavy atom. The molecule has 1 fully saturated rings. The third kappa shape index (κ3) is 4.28. The van der Waals surface area contributed by atoms with Crippen molar-refractivity contribution in [3.8, 4) is 11.1 Å². The van der Waals surface area contributed by atoms with E-state index in [4.69, 9.17) is 16.3 Å². The molecule has 2 aromatic carbocycles. The van der Waals surface area contributed by atoms with Gasteiger partial charge in [0.05, 0.1) is 5.69 Å². The number of benzene rings is 2. The zero-order valence-corrected chi connectivity index (χ0v) is 16.7. The van der Waals surface area contributed by atoms with Gasteiger partial charge in [0.15, 0.2) is 5.82 Å². The molecule has 0 bridgehead atoms. The van der Waals surface area contributed by atoms with Crippen LogP contribution in [0.1, 0.15) is 27.2 Å². The SMILES string of the molecule is CC(C)(C)OC(=O)N1CCC1C(=O)Nc1cccc(-c2ccccc2Cl)c1F. The molecular weight excluding hydrogens is 383 g/mol. The van der Waals surface area contributed by atoms with Crippen LogP contribution in [0.4, 0.5) is 14.9 Å². The summed E-state index contributed by atoms with van der Waals surface area (Å²) in [6.07, 6.45) is -0.0548. The molecule has 2 aromatic rings. The highest BCUT2D eigenvalue weighted by Crippen LogP contribution is 2.33. The van der Waals surface area contributed by atoms with Crippen molar-refractivity contribution < 1.29 is 18.7 Å². The van der Waals surface area contributed by atoms with Crippen molar-refractivity contribution in [3.63, 3.8) is 0 Å². The van der Waals surface area contributed by atoms with Crippen LogP contribution in [-0.2, 0) is 9.53 Å². The summed E-state index contributed by atoms with van der Waals surface area (Å²) in [5, 5.41) is 3.00. The number of amides is 2. The molecule has 5 nitrogen and oxygen atoms in total. The van der Waals surface area contributed by atoms with Crippen molar-refractivity contribution in [1.82, 2.24) is 4.90 Å². The molecule has 148 valence electrons. The average Bonchev–Trinajstić information content (AvgIpc) is 2.55. The number of carbonyl (C=O) groups is 2. The number of carbonyl (C=O) groups excluding carboxylic acids is 2. The fraction of sp³-hybridized carbons (Fsp3) is 0.333. The molecule has 2 amide bonds. The number of anilines is 1. The maximum Gasteiger partial charge on any atom is 0.410 e. The van der Waals surface area contributed by atoms with Crippen molar-refractivity contribution >= 4 is 29.3 Å². The normalized spacial score (nSPS) is 16.3. The minimum absolute atomic E-state index is 0.0402. The first-order chi connectivity index (χ1) is 13.2. The van der Waals surface area contributed by atoms with Crippen LogP contribution in [-0.4, -0.2) is 35.1 Å². The maximum atomic E-state index is 15.0. The van der Waals surface area contributed by atoms with Crippen LogP contribution in [0.5, 0.6) is 0 Å². The minimum Gasteiger partial charge on any atom is -0.444 e. The third-order valence-corrected chi connectivity index (χ3v) is 4.70. The van der Waals surface area contributed by atoms with Crippen molar-refractivity contribution in [2.24, 2.45) is 0 Å². The highest BCUT2D eigenvalue weighted by Gasteiger charge is 2.40. The second-order valence-electron chi connectivity index (χ2n) is 7.61. The molecule has 1 unspecified atom stereocenters. The minimum atomic E-state index is -0.682. The second-order valence-corrected chi connectivity index (χ2v) is 8.02. The first kappa shape index (κ1) is 20.1. The van der Waals surface area contributed by atoms with Gasteiger partial charge in [-0.3, -0.25) is 9.69 Å². The van der Waals surface area contributed by atoms with Gasteiger partial charge >= 0.3 is 6.09 Å². The van der Waals surface area contributed by atoms with Crippen LogP contribution in [0.2, 0.25) is 5.02 Å². The molecule has 3 rings (SSSR count). The zero-order valence-electron chi connectivity index (χ0n) is 16.0. The fourth-order valence-electron chi connectivity index (χ4n) is 2.93. The summed E-state index contributed by atoms with van der Waals surface area (Å²) in [5.74, 6) is -1.03. The lowest BCUT2D eigenvalue weighted by Gasteiger charge is -2.40. The largest absolute Gasteiger partial charge is 0.444 e. The molecule has 7 heteroatoms. The molecule has 0 radical (unpaired) electrons. The van der Waals surface area contributed by atoms with Crippen LogP contribution in [0.3, 0.4) is 0 Å². The summed E-state index contributed by atoms with van der Waals surface area (Å²) in [6.45, 7) is 5.70. The number of hydrogen-bond acceptors (Lipinski definition) is 3. The van der Waals surface area contributed by atoms with E-state index in [1.54, 1.807) is 57.2 Å². The van der Waals surface area contributed by atoms with E-state index in [2.05, 4.69) is 5.32 Å². The lowest BCUT2D eigenvalue weighted by atomic mass is 10.0. The lowest BCUT2D eigenvalue weighted by molar-refractivity contribution is -0.125. The number of nitrogens with one attached hydrogen (secondary N) is 1. The Morgan fingerprint density at radius 3 is 2.43 bits per heavy atom. The predicted molar refractivity (Wildman–Crippen MR) is 107 cm³/mol. The topological polar surface area (TPSA) is 58.6 Å². The van der Waals surface area contributed by atoms with Crippen LogP contribution in [0.15, 0.2) is 42.5 Å². The van der Waals surface area contributed by atoms with E-state index in [0.29, 0.717) is 29.1 Å². The van der Waals surface area contributed by atoms with Crippen LogP contribution in [0.25, 0.3) is 11.1 Å². The van der Waals surface area contributed by atoms with Gasteiger partial charge in [0.1, 0.15) is 11.6 Å². The van der Waals surface area contributed by atoms with Gasteiger partial charge in [-0.15, -0.1) is 0 Å². The van der Waals surface area contributed by atoms with E-state index in [1.165, 1.54) is 11.0 Å². The summed E-state index contributed by atoms with van der Waals surface area (Å²) in [7, 11) is 0. The number of rotatable bonds is 3. The lowest BCUT2D eigenvalue weighted by Crippen LogP contribution is -2.57. The highest BCUT2D eigenvalue weighted by atomic mass is 35.5. The molecule has 0 aliphatic carbocycles. The molecule has 28 heavy (non-hydrogen) atoms. The molecule has 0 saturated carbocycles. The van der Waals surface area contributed by atoms with Crippen molar-refractivity contribution in [3.05, 3.63) is 53.3 Å². The monoisotopic (exact) mass is 404 g/mol. The average molecular weight is 405 g/mol. The van der Waals surface area contributed by atoms with Crippen molar-refractivity contribution in [1.29, 1.82) is 0 Å². The van der Waals surface area contributed by atoms with E-state index in [-0.39, 0.29) is 5.69 Å². The predicted octanol–water partition coefficient (Wildman–Crippen LogP) is 5.09. The highest BCUT2D eigenvalue weighted by molar-refractivity contribution is 6.33. The van der Waals surface area contributed by atoms with Crippen molar-refractivity contribution in [2.75, 3.05) is 11.9 Å². The summed E-state index contributed by atoms with van der Waals surface area (Å²) >= 11 is 6.17. The Morgan fingerprint density at radius 2 is 1.82 bits per heavy atom. The molecule has 1 aliphatic rings. The van der Waals surface area contributed by atoms with Gasteiger partial charge in [-0.2, -0.15) is 0 Å². The van der Waals surface area contributed by atoms with Gasteiger partial charge in [-0.25, -0.2) is 9.18 Å². The first-order valence-electron chi connectivity index (χ1n) is 9.01. The van der Waals surface area contributed by atoms with Crippen LogP contribution >= 0.6 is 11.6 Å². The smallest absolute Gasteiger partial charge is 0.410 e. The molecule has 1 heterocycles. The number of likely N-dealkylation sites (tertiary alicyclic amines) is 1. The number of hydrogen-bond donors (Lipinski definition) is 1. The van der Waals surface area contributed by atoms with Gasteiger partial charge in [-0.1, -0.05) is 41.9 Å². The van der Waals surface area contributed by atoms with Gasteiger partial charge in [0.2, 0.25) is 5.91 Å². The Labute approximate surface area is 168 Å². The Balaban J connectivity index is 1.76. The van der Waals surface area contributed by atoms with Crippen LogP contribution in [0, 0.1) is 5.82 Å². The number of halogens is 2. The number of nitrogens with zero attached hydrogens (tertiary/aromatic N) is 1. The maximum absolute atomic E-state index is 15.0. The van der Waals surface area contributed by atoms with E-state index in [9.17, 15) is 14.0 Å². The van der Waals surface area contributed by atoms with Gasteiger partial charge < -0.3 is 10.1 Å².